The van der Waals surface area contributed by atoms with Crippen LogP contribution in [0.25, 0.3) is 0 Å². The van der Waals surface area contributed by atoms with Crippen LogP contribution in [0, 0.1) is 0 Å². The van der Waals surface area contributed by atoms with E-state index in [1.54, 1.807) is 6.08 Å². The Labute approximate surface area is 404 Å². The van der Waals surface area contributed by atoms with Gasteiger partial charge in [0.2, 0.25) is 0 Å². The third-order valence-electron chi connectivity index (χ3n) is 13.5. The van der Waals surface area contributed by atoms with E-state index < -0.39 is 224 Å². The van der Waals surface area contributed by atoms with Gasteiger partial charge in [-0.15, -0.1) is 6.58 Å². The molecule has 0 spiro atoms. The molecule has 12 bridgehead atoms. The van der Waals surface area contributed by atoms with Crippen molar-refractivity contribution in [3.63, 3.8) is 0 Å². The van der Waals surface area contributed by atoms with Gasteiger partial charge in [-0.3, -0.25) is 0 Å². The Bertz CT molecular complexity index is 1630. The zero-order valence-corrected chi connectivity index (χ0v) is 37.9. The van der Waals surface area contributed by atoms with E-state index in [2.05, 4.69) is 6.58 Å². The van der Waals surface area contributed by atoms with E-state index in [-0.39, 0.29) is 6.61 Å². The number of rotatable bonds is 11. The summed E-state index contributed by atoms with van der Waals surface area (Å²) in [6.45, 7) is -1.61. The second-order valence-corrected chi connectivity index (χ2v) is 18.2. The van der Waals surface area contributed by atoms with Crippen LogP contribution in [0.5, 0.6) is 0 Å². The van der Waals surface area contributed by atoms with Gasteiger partial charge in [0.1, 0.15) is 146 Å². The number of ether oxygens (including phenoxy) is 13. The molecule has 0 aromatic rings. The molecule has 17 N–H and O–H groups in total. The van der Waals surface area contributed by atoms with E-state index in [0.29, 0.717) is 12.8 Å². The van der Waals surface area contributed by atoms with Gasteiger partial charge in [0, 0.05) is 6.61 Å². The molecule has 71 heavy (non-hydrogen) atoms. The molecule has 22 fully saturated rings. The molecule has 412 valence electrons. The second-order valence-electron chi connectivity index (χ2n) is 18.2. The lowest BCUT2D eigenvalue weighted by Gasteiger charge is -2.50. The number of aliphatic hydroxyl groups excluding tert-OH is 17. The molecule has 0 saturated carbocycles. The average molecular weight is 1040 g/mol. The number of hydrogen-bond acceptors (Lipinski definition) is 30. The summed E-state index contributed by atoms with van der Waals surface area (Å²) in [6.07, 6.45) is -55.1. The maximum atomic E-state index is 11.6. The highest BCUT2D eigenvalue weighted by molar-refractivity contribution is 5.01. The van der Waals surface area contributed by atoms with Crippen molar-refractivity contribution in [1.29, 1.82) is 0 Å². The van der Waals surface area contributed by atoms with Crippen LogP contribution >= 0.6 is 0 Å². The van der Waals surface area contributed by atoms with Gasteiger partial charge in [-0.1, -0.05) is 6.08 Å². The van der Waals surface area contributed by atoms with Crippen LogP contribution in [0.4, 0.5) is 0 Å². The van der Waals surface area contributed by atoms with Crippen molar-refractivity contribution in [2.45, 2.75) is 197 Å². The van der Waals surface area contributed by atoms with Crippen LogP contribution in [0.2, 0.25) is 0 Å². The predicted molar refractivity (Wildman–Crippen MR) is 219 cm³/mol. The molecule has 22 aliphatic heterocycles. The zero-order chi connectivity index (χ0) is 51.6. The fourth-order valence-electron chi connectivity index (χ4n) is 9.44. The standard InChI is InChI=1S/C41H68O30/c1-2-3-4-5-59-11-17-35-23(52)29(58)41(65-17)70-34-16(10-46)63-39(27(56)21(34)50)68-32-14(8-44)61-37(25(54)19(32)48)66-30-12(6-42)60-36(24(53)18(30)47)67-31-13(7-43)62-38(26(55)20(31)49)69-33-15(9-45)64-40(71-35)28(57)22(33)51/h2,12-58H,1,3-11H2/t12-,13-,14-,15-,16-,17-,18-,19-,20-,21-,22-,23-,24-,25-,26-,27-,28-,29-,30-,31-,32-,33-,34-,35-,36-,37-,38-,39-,40-,41-/m1/s1. The first-order valence-electron chi connectivity index (χ1n) is 23.2. The Morgan fingerprint density at radius 1 is 0.310 bits per heavy atom. The fourth-order valence-corrected chi connectivity index (χ4v) is 9.44. The summed E-state index contributed by atoms with van der Waals surface area (Å²) >= 11 is 0. The van der Waals surface area contributed by atoms with E-state index in [0.717, 1.165) is 0 Å². The van der Waals surface area contributed by atoms with Gasteiger partial charge < -0.3 is 148 Å². The van der Waals surface area contributed by atoms with Gasteiger partial charge in [0.05, 0.1) is 39.6 Å². The van der Waals surface area contributed by atoms with Crippen molar-refractivity contribution in [3.8, 4) is 0 Å². The molecule has 22 aliphatic rings. The lowest BCUT2D eigenvalue weighted by Crippen LogP contribution is -2.69. The van der Waals surface area contributed by atoms with Crippen LogP contribution in [0.15, 0.2) is 12.7 Å². The lowest BCUT2D eigenvalue weighted by atomic mass is 9.94. The lowest BCUT2D eigenvalue weighted by molar-refractivity contribution is -0.404. The average Bonchev–Trinajstić information content (AvgIpc) is 3.36. The highest BCUT2D eigenvalue weighted by Crippen LogP contribution is 2.38. The van der Waals surface area contributed by atoms with Gasteiger partial charge in [-0.25, -0.2) is 0 Å². The Balaban J connectivity index is 1.20. The minimum absolute atomic E-state index is 0.103. The van der Waals surface area contributed by atoms with Crippen molar-refractivity contribution in [2.75, 3.05) is 46.2 Å². The molecule has 22 heterocycles. The monoisotopic (exact) mass is 1040 g/mol. The summed E-state index contributed by atoms with van der Waals surface area (Å²) in [4.78, 5) is 0. The second kappa shape index (κ2) is 25.1. The molecule has 30 atom stereocenters. The first kappa shape index (κ1) is 57.2. The summed E-state index contributed by atoms with van der Waals surface area (Å²) < 4.78 is 75.0. The van der Waals surface area contributed by atoms with Crippen LogP contribution in [-0.4, -0.2) is 317 Å². The highest BCUT2D eigenvalue weighted by atomic mass is 16.8. The van der Waals surface area contributed by atoms with E-state index in [1.807, 2.05) is 0 Å². The van der Waals surface area contributed by atoms with Gasteiger partial charge in [-0.05, 0) is 12.8 Å². The molecule has 0 unspecified atom stereocenters. The number of allylic oxidation sites excluding steroid dienone is 1. The minimum atomic E-state index is -2.15. The van der Waals surface area contributed by atoms with E-state index in [1.165, 1.54) is 0 Å². The van der Waals surface area contributed by atoms with Gasteiger partial charge in [-0.2, -0.15) is 0 Å². The minimum Gasteiger partial charge on any atom is -0.394 e. The first-order valence-corrected chi connectivity index (χ1v) is 23.2. The molecular weight excluding hydrogens is 972 g/mol. The van der Waals surface area contributed by atoms with E-state index in [9.17, 15) is 86.8 Å². The molecule has 0 aliphatic carbocycles. The van der Waals surface area contributed by atoms with E-state index in [4.69, 9.17) is 61.6 Å². The summed E-state index contributed by atoms with van der Waals surface area (Å²) in [5.41, 5.74) is 0. The Hall–Kier alpha value is -1.46. The van der Waals surface area contributed by atoms with Crippen molar-refractivity contribution in [1.82, 2.24) is 0 Å². The molecule has 0 amide bonds. The van der Waals surface area contributed by atoms with Crippen molar-refractivity contribution >= 4 is 0 Å². The molecule has 0 aromatic heterocycles. The fraction of sp³-hybridized carbons (Fsp3) is 0.951. The van der Waals surface area contributed by atoms with Crippen molar-refractivity contribution in [3.05, 3.63) is 12.7 Å². The van der Waals surface area contributed by atoms with Crippen LogP contribution in [0.3, 0.4) is 0 Å². The third-order valence-corrected chi connectivity index (χ3v) is 13.5. The van der Waals surface area contributed by atoms with Gasteiger partial charge >= 0.3 is 0 Å². The number of aliphatic hydroxyl groups is 17. The Morgan fingerprint density at radius 3 is 0.732 bits per heavy atom. The summed E-state index contributed by atoms with van der Waals surface area (Å²) in [7, 11) is 0. The normalized spacial score (nSPS) is 52.2. The van der Waals surface area contributed by atoms with Gasteiger partial charge in [0.25, 0.3) is 0 Å². The number of hydrogen-bond donors (Lipinski definition) is 17. The Kier molecular flexibility index (Phi) is 20.3. The highest BCUT2D eigenvalue weighted by Gasteiger charge is 2.58. The molecular formula is C41H68O30. The predicted octanol–water partition coefficient (Wildman–Crippen LogP) is -11.1. The summed E-state index contributed by atoms with van der Waals surface area (Å²) in [5.74, 6) is 0. The summed E-state index contributed by atoms with van der Waals surface area (Å²) in [6, 6.07) is 0. The zero-order valence-electron chi connectivity index (χ0n) is 37.9. The van der Waals surface area contributed by atoms with Crippen molar-refractivity contribution in [2.24, 2.45) is 0 Å². The maximum absolute atomic E-state index is 11.6. The Morgan fingerprint density at radius 2 is 0.521 bits per heavy atom. The van der Waals surface area contributed by atoms with Gasteiger partial charge in [0.15, 0.2) is 37.7 Å². The summed E-state index contributed by atoms with van der Waals surface area (Å²) in [5, 5.41) is 188. The topological polar surface area (TPSA) is 464 Å². The largest absolute Gasteiger partial charge is 0.394 e. The molecule has 22 saturated heterocycles. The molecule has 0 aromatic carbocycles. The smallest absolute Gasteiger partial charge is 0.187 e. The maximum Gasteiger partial charge on any atom is 0.187 e. The van der Waals surface area contributed by atoms with E-state index >= 15 is 0 Å². The molecule has 0 radical (unpaired) electrons. The van der Waals surface area contributed by atoms with Crippen LogP contribution in [-0.2, 0) is 61.6 Å². The van der Waals surface area contributed by atoms with Crippen LogP contribution < -0.4 is 0 Å². The van der Waals surface area contributed by atoms with Crippen molar-refractivity contribution < 1.29 is 148 Å². The van der Waals surface area contributed by atoms with Crippen LogP contribution in [0.1, 0.15) is 12.8 Å². The first-order chi connectivity index (χ1) is 33.9. The molecule has 30 heteroatoms. The third kappa shape index (κ3) is 11.9. The SMILES string of the molecule is C=CCCCOC[C@H]1O[C@@H]2O[C@H]3[C@H](O)[C@@H](O)[C@@H](O[C@H]4[C@H](O)[C@@H](O)[C@@H](O[C@H]5[C@H](O)[C@@H](O)[C@@H](O[C@H]6[C@H](O)[C@@H](O)[C@@H](O[C@H]7[C@H](O)[C@@H](O)[C@@H](O[C@H]1[C@H](O)[C@H]2O)O[C@@H]7CO)O[C@@H]6CO)O[C@@H]5CO)O[C@@H]4CO)O[C@@H]3CO. The quantitative estimate of drug-likeness (QED) is 0.0675. The number of unbranched alkanes of at least 4 members (excludes halogenated alkanes) is 1. The molecule has 22 rings (SSSR count). The molecule has 30 nitrogen and oxygen atoms in total.